The lowest BCUT2D eigenvalue weighted by molar-refractivity contribution is -0.134. The van der Waals surface area contributed by atoms with E-state index in [1.54, 1.807) is 31.2 Å². The zero-order valence-corrected chi connectivity index (χ0v) is 10.5. The summed E-state index contributed by atoms with van der Waals surface area (Å²) in [5.74, 6) is 0.277. The summed E-state index contributed by atoms with van der Waals surface area (Å²) in [5, 5.41) is 0. The van der Waals surface area contributed by atoms with Crippen LogP contribution in [0.5, 0.6) is 5.75 Å². The van der Waals surface area contributed by atoms with Crippen LogP contribution in [0.25, 0.3) is 0 Å². The van der Waals surface area contributed by atoms with Gasteiger partial charge in [-0.15, -0.1) is 0 Å². The number of esters is 1. The molecule has 3 nitrogen and oxygen atoms in total. The van der Waals surface area contributed by atoms with Crippen LogP contribution in [0.4, 0.5) is 0 Å². The van der Waals surface area contributed by atoms with Crippen LogP contribution in [0.3, 0.4) is 0 Å². The molecule has 0 heterocycles. The van der Waals surface area contributed by atoms with Gasteiger partial charge in [0.1, 0.15) is 5.75 Å². The number of rotatable bonds is 4. The predicted molar refractivity (Wildman–Crippen MR) is 65.6 cm³/mol. The van der Waals surface area contributed by atoms with Gasteiger partial charge < -0.3 is 4.74 Å². The molecule has 0 atom stereocenters. The molecular formula is C11H11IO3. The van der Waals surface area contributed by atoms with E-state index in [1.165, 1.54) is 0 Å². The van der Waals surface area contributed by atoms with Gasteiger partial charge in [0.05, 0.1) is 4.43 Å². The summed E-state index contributed by atoms with van der Waals surface area (Å²) in [7, 11) is 0. The first-order chi connectivity index (χ1) is 7.17. The van der Waals surface area contributed by atoms with Gasteiger partial charge in [-0.05, 0) is 24.3 Å². The number of alkyl halides is 1. The summed E-state index contributed by atoms with van der Waals surface area (Å²) in [4.78, 5) is 22.3. The molecule has 0 aliphatic rings. The monoisotopic (exact) mass is 318 g/mol. The van der Waals surface area contributed by atoms with Crippen molar-refractivity contribution in [1.82, 2.24) is 0 Å². The fraction of sp³-hybridized carbons (Fsp3) is 0.273. The number of carbonyl (C=O) groups is 2. The SMILES string of the molecule is CCC(=O)Oc1ccc(C(=O)CI)cc1. The van der Waals surface area contributed by atoms with Gasteiger partial charge in [-0.2, -0.15) is 0 Å². The van der Waals surface area contributed by atoms with Gasteiger partial charge in [0.2, 0.25) is 0 Å². The molecule has 0 aliphatic carbocycles. The van der Waals surface area contributed by atoms with Crippen molar-refractivity contribution in [2.45, 2.75) is 13.3 Å². The van der Waals surface area contributed by atoms with E-state index in [4.69, 9.17) is 4.74 Å². The molecular weight excluding hydrogens is 307 g/mol. The number of Topliss-reactive ketones (excluding diaryl/α,β-unsaturated/α-hetero) is 1. The van der Waals surface area contributed by atoms with Gasteiger partial charge in [-0.25, -0.2) is 0 Å². The molecule has 0 unspecified atom stereocenters. The maximum Gasteiger partial charge on any atom is 0.310 e. The van der Waals surface area contributed by atoms with E-state index in [1.807, 2.05) is 22.6 Å². The van der Waals surface area contributed by atoms with Crippen LogP contribution in [0.15, 0.2) is 24.3 Å². The molecule has 1 aromatic rings. The van der Waals surface area contributed by atoms with Crippen molar-refractivity contribution in [2.24, 2.45) is 0 Å². The van der Waals surface area contributed by atoms with Gasteiger partial charge in [0.15, 0.2) is 5.78 Å². The summed E-state index contributed by atoms with van der Waals surface area (Å²) in [6, 6.07) is 6.60. The number of ketones is 1. The highest BCUT2D eigenvalue weighted by atomic mass is 127. The molecule has 0 amide bonds. The molecule has 0 saturated heterocycles. The summed E-state index contributed by atoms with van der Waals surface area (Å²) in [6.45, 7) is 1.73. The van der Waals surface area contributed by atoms with Crippen LogP contribution < -0.4 is 4.74 Å². The van der Waals surface area contributed by atoms with Crippen molar-refractivity contribution >= 4 is 34.3 Å². The van der Waals surface area contributed by atoms with E-state index in [2.05, 4.69) is 0 Å². The summed E-state index contributed by atoms with van der Waals surface area (Å²) in [6.07, 6.45) is 0.342. The van der Waals surface area contributed by atoms with Gasteiger partial charge in [0.25, 0.3) is 0 Å². The van der Waals surface area contributed by atoms with E-state index in [0.29, 0.717) is 22.2 Å². The highest BCUT2D eigenvalue weighted by molar-refractivity contribution is 14.1. The van der Waals surface area contributed by atoms with Crippen molar-refractivity contribution in [1.29, 1.82) is 0 Å². The van der Waals surface area contributed by atoms with E-state index in [-0.39, 0.29) is 11.8 Å². The lowest BCUT2D eigenvalue weighted by Crippen LogP contribution is -2.06. The standard InChI is InChI=1S/C11H11IO3/c1-2-11(14)15-9-5-3-8(4-6-9)10(13)7-12/h3-6H,2,7H2,1H3. The van der Waals surface area contributed by atoms with Crippen molar-refractivity contribution in [3.05, 3.63) is 29.8 Å². The third-order valence-corrected chi connectivity index (χ3v) is 2.51. The van der Waals surface area contributed by atoms with Crippen LogP contribution in [0.2, 0.25) is 0 Å². The number of carbonyl (C=O) groups excluding carboxylic acids is 2. The molecule has 15 heavy (non-hydrogen) atoms. The minimum absolute atomic E-state index is 0.0731. The topological polar surface area (TPSA) is 43.4 Å². The third kappa shape index (κ3) is 3.62. The Morgan fingerprint density at radius 2 is 1.87 bits per heavy atom. The maximum atomic E-state index is 11.3. The minimum Gasteiger partial charge on any atom is -0.427 e. The summed E-state index contributed by atoms with van der Waals surface area (Å²) >= 11 is 2.02. The Labute approximate surface area is 102 Å². The van der Waals surface area contributed by atoms with Gasteiger partial charge >= 0.3 is 5.97 Å². The van der Waals surface area contributed by atoms with Crippen LogP contribution in [0.1, 0.15) is 23.7 Å². The number of hydrogen-bond donors (Lipinski definition) is 0. The highest BCUT2D eigenvalue weighted by Gasteiger charge is 2.05. The maximum absolute atomic E-state index is 11.3. The van der Waals surface area contributed by atoms with E-state index in [0.717, 1.165) is 0 Å². The molecule has 0 bridgehead atoms. The van der Waals surface area contributed by atoms with Crippen LogP contribution in [-0.4, -0.2) is 16.2 Å². The molecule has 0 fully saturated rings. The van der Waals surface area contributed by atoms with Gasteiger partial charge in [0, 0.05) is 12.0 Å². The number of hydrogen-bond acceptors (Lipinski definition) is 3. The van der Waals surface area contributed by atoms with Crippen molar-refractivity contribution in [2.75, 3.05) is 4.43 Å². The predicted octanol–water partition coefficient (Wildman–Crippen LogP) is 2.62. The Morgan fingerprint density at radius 3 is 2.33 bits per heavy atom. The zero-order chi connectivity index (χ0) is 11.3. The fourth-order valence-electron chi connectivity index (χ4n) is 0.990. The van der Waals surface area contributed by atoms with Crippen LogP contribution in [-0.2, 0) is 4.79 Å². The average Bonchev–Trinajstić information content (AvgIpc) is 2.29. The molecule has 1 aromatic carbocycles. The van der Waals surface area contributed by atoms with E-state index >= 15 is 0 Å². The molecule has 0 aliphatic heterocycles. The first kappa shape index (κ1) is 12.2. The van der Waals surface area contributed by atoms with Gasteiger partial charge in [-0.3, -0.25) is 9.59 Å². The van der Waals surface area contributed by atoms with Crippen LogP contribution >= 0.6 is 22.6 Å². The lowest BCUT2D eigenvalue weighted by Gasteiger charge is -2.03. The molecule has 0 saturated carbocycles. The first-order valence-electron chi connectivity index (χ1n) is 4.57. The van der Waals surface area contributed by atoms with Crippen molar-refractivity contribution in [3.8, 4) is 5.75 Å². The molecule has 4 heteroatoms. The summed E-state index contributed by atoms with van der Waals surface area (Å²) < 4.78 is 5.43. The number of ether oxygens (including phenoxy) is 1. The second-order valence-electron chi connectivity index (χ2n) is 2.91. The first-order valence-corrected chi connectivity index (χ1v) is 6.09. The number of halogens is 1. The molecule has 0 aromatic heterocycles. The van der Waals surface area contributed by atoms with Gasteiger partial charge in [-0.1, -0.05) is 29.5 Å². The molecule has 0 N–H and O–H groups in total. The normalized spacial score (nSPS) is 9.73. The molecule has 1 rings (SSSR count). The van der Waals surface area contributed by atoms with Crippen molar-refractivity contribution in [3.63, 3.8) is 0 Å². The Hall–Kier alpha value is -0.910. The Morgan fingerprint density at radius 1 is 1.27 bits per heavy atom. The molecule has 80 valence electrons. The van der Waals surface area contributed by atoms with Crippen molar-refractivity contribution < 1.29 is 14.3 Å². The Balaban J connectivity index is 2.72. The Kier molecular flexibility index (Phi) is 4.74. The fourth-order valence-corrected chi connectivity index (χ4v) is 1.43. The minimum atomic E-state index is -0.275. The number of benzene rings is 1. The smallest absolute Gasteiger partial charge is 0.310 e. The lowest BCUT2D eigenvalue weighted by atomic mass is 10.1. The quantitative estimate of drug-likeness (QED) is 0.282. The highest BCUT2D eigenvalue weighted by Crippen LogP contribution is 2.13. The largest absolute Gasteiger partial charge is 0.427 e. The second-order valence-corrected chi connectivity index (χ2v) is 3.67. The van der Waals surface area contributed by atoms with E-state index < -0.39 is 0 Å². The molecule has 0 radical (unpaired) electrons. The zero-order valence-electron chi connectivity index (χ0n) is 8.33. The van der Waals surface area contributed by atoms with E-state index in [9.17, 15) is 9.59 Å². The second kappa shape index (κ2) is 5.85. The van der Waals surface area contributed by atoms with Crippen LogP contribution in [0, 0.1) is 0 Å². The third-order valence-electron chi connectivity index (χ3n) is 1.82. The Bertz CT molecular complexity index is 357. The summed E-state index contributed by atoms with van der Waals surface area (Å²) in [5.41, 5.74) is 0.640. The molecule has 0 spiro atoms. The average molecular weight is 318 g/mol.